The maximum absolute atomic E-state index is 10.9. The van der Waals surface area contributed by atoms with Crippen LogP contribution in [-0.4, -0.2) is 39.3 Å². The van der Waals surface area contributed by atoms with Gasteiger partial charge in [0.1, 0.15) is 5.69 Å². The van der Waals surface area contributed by atoms with Gasteiger partial charge in [-0.3, -0.25) is 10.00 Å². The lowest BCUT2D eigenvalue weighted by Crippen LogP contribution is -2.29. The molecule has 0 atom stereocenters. The second kappa shape index (κ2) is 6.10. The van der Waals surface area contributed by atoms with Gasteiger partial charge in [-0.1, -0.05) is 24.6 Å². The number of piperidine rings is 1. The van der Waals surface area contributed by atoms with Gasteiger partial charge in [0.2, 0.25) is 0 Å². The second-order valence-corrected chi connectivity index (χ2v) is 5.51. The maximum Gasteiger partial charge on any atom is 0.353 e. The molecule has 1 saturated heterocycles. The minimum Gasteiger partial charge on any atom is -0.477 e. The predicted molar refractivity (Wildman–Crippen MR) is 80.1 cm³/mol. The fourth-order valence-electron chi connectivity index (χ4n) is 2.78. The van der Waals surface area contributed by atoms with Crippen molar-refractivity contribution < 1.29 is 9.90 Å². The number of benzene rings is 1. The van der Waals surface area contributed by atoms with Crippen LogP contribution in [0.25, 0.3) is 11.3 Å². The van der Waals surface area contributed by atoms with Crippen molar-refractivity contribution in [3.05, 3.63) is 41.6 Å². The number of nitrogens with zero attached hydrogens (tertiary/aromatic N) is 2. The van der Waals surface area contributed by atoms with Crippen LogP contribution >= 0.6 is 0 Å². The van der Waals surface area contributed by atoms with Crippen molar-refractivity contribution >= 4 is 5.97 Å². The molecule has 21 heavy (non-hydrogen) atoms. The van der Waals surface area contributed by atoms with Crippen LogP contribution in [0.2, 0.25) is 0 Å². The molecule has 0 amide bonds. The minimum atomic E-state index is -0.988. The molecule has 0 radical (unpaired) electrons. The average molecular weight is 285 g/mol. The summed E-state index contributed by atoms with van der Waals surface area (Å²) >= 11 is 0. The molecule has 110 valence electrons. The molecule has 1 aliphatic rings. The molecule has 5 heteroatoms. The average Bonchev–Trinajstić information content (AvgIpc) is 2.99. The van der Waals surface area contributed by atoms with Crippen molar-refractivity contribution in [1.82, 2.24) is 15.1 Å². The van der Waals surface area contributed by atoms with Crippen molar-refractivity contribution in [2.75, 3.05) is 13.1 Å². The number of likely N-dealkylation sites (tertiary alicyclic amines) is 1. The summed E-state index contributed by atoms with van der Waals surface area (Å²) in [6.45, 7) is 3.27. The zero-order valence-corrected chi connectivity index (χ0v) is 11.9. The van der Waals surface area contributed by atoms with Crippen LogP contribution in [0.5, 0.6) is 0 Å². The third kappa shape index (κ3) is 3.31. The third-order valence-electron chi connectivity index (χ3n) is 3.89. The highest BCUT2D eigenvalue weighted by Gasteiger charge is 2.12. The van der Waals surface area contributed by atoms with Gasteiger partial charge in [-0.05, 0) is 43.6 Å². The van der Waals surface area contributed by atoms with Crippen molar-refractivity contribution in [2.45, 2.75) is 25.8 Å². The molecular weight excluding hydrogens is 266 g/mol. The predicted octanol–water partition coefficient (Wildman–Crippen LogP) is 2.76. The molecule has 2 aromatic rings. The molecule has 2 heterocycles. The van der Waals surface area contributed by atoms with Crippen molar-refractivity contribution in [1.29, 1.82) is 0 Å². The van der Waals surface area contributed by atoms with E-state index in [1.165, 1.54) is 24.8 Å². The van der Waals surface area contributed by atoms with E-state index in [0.29, 0.717) is 5.69 Å². The molecule has 0 unspecified atom stereocenters. The van der Waals surface area contributed by atoms with Gasteiger partial charge in [0.15, 0.2) is 0 Å². The van der Waals surface area contributed by atoms with Crippen molar-refractivity contribution in [3.8, 4) is 11.3 Å². The summed E-state index contributed by atoms with van der Waals surface area (Å²) in [5, 5.41) is 15.6. The summed E-state index contributed by atoms with van der Waals surface area (Å²) < 4.78 is 0. The molecule has 0 aliphatic carbocycles. The van der Waals surface area contributed by atoms with Gasteiger partial charge in [-0.15, -0.1) is 0 Å². The van der Waals surface area contributed by atoms with Crippen molar-refractivity contribution in [2.24, 2.45) is 0 Å². The van der Waals surface area contributed by atoms with E-state index in [1.54, 1.807) is 6.07 Å². The molecule has 1 fully saturated rings. The number of hydrogen-bond acceptors (Lipinski definition) is 3. The Balaban J connectivity index is 1.76. The number of aromatic nitrogens is 2. The van der Waals surface area contributed by atoms with Crippen LogP contribution in [0.1, 0.15) is 35.3 Å². The van der Waals surface area contributed by atoms with Crippen LogP contribution in [0.15, 0.2) is 30.3 Å². The van der Waals surface area contributed by atoms with Gasteiger partial charge >= 0.3 is 5.97 Å². The highest BCUT2D eigenvalue weighted by molar-refractivity contribution is 5.86. The Labute approximate surface area is 123 Å². The highest BCUT2D eigenvalue weighted by Crippen LogP contribution is 2.21. The van der Waals surface area contributed by atoms with Gasteiger partial charge in [0.25, 0.3) is 0 Å². The van der Waals surface area contributed by atoms with Crippen molar-refractivity contribution in [3.63, 3.8) is 0 Å². The van der Waals surface area contributed by atoms with E-state index >= 15 is 0 Å². The van der Waals surface area contributed by atoms with Gasteiger partial charge in [-0.2, -0.15) is 5.10 Å². The molecule has 1 aromatic heterocycles. The summed E-state index contributed by atoms with van der Waals surface area (Å²) in [5.74, 6) is -0.988. The standard InChI is InChI=1S/C16H19N3O2/c20-16(21)15-10-14(17-18-15)13-6-4-5-12(9-13)11-19-7-2-1-3-8-19/h4-6,9-10H,1-3,7-8,11H2,(H,17,18)(H,20,21). The first-order chi connectivity index (χ1) is 10.2. The number of nitrogens with one attached hydrogen (secondary N) is 1. The Kier molecular flexibility index (Phi) is 4.01. The first-order valence-corrected chi connectivity index (χ1v) is 7.33. The molecule has 0 bridgehead atoms. The molecule has 0 spiro atoms. The monoisotopic (exact) mass is 285 g/mol. The number of carbonyl (C=O) groups is 1. The number of carboxylic acid groups (broad SMARTS) is 1. The smallest absolute Gasteiger partial charge is 0.353 e. The summed E-state index contributed by atoms with van der Waals surface area (Å²) in [6, 6.07) is 9.74. The lowest BCUT2D eigenvalue weighted by atomic mass is 10.1. The summed E-state index contributed by atoms with van der Waals surface area (Å²) in [5.41, 5.74) is 2.99. The SMILES string of the molecule is O=C(O)c1cc(-c2cccc(CN3CCCCC3)c2)n[nH]1. The van der Waals surface area contributed by atoms with Crippen LogP contribution in [0, 0.1) is 0 Å². The van der Waals surface area contributed by atoms with E-state index in [9.17, 15) is 4.79 Å². The minimum absolute atomic E-state index is 0.117. The highest BCUT2D eigenvalue weighted by atomic mass is 16.4. The number of carboxylic acids is 1. The number of aromatic amines is 1. The lowest BCUT2D eigenvalue weighted by molar-refractivity contribution is 0.0690. The number of rotatable bonds is 4. The van der Waals surface area contributed by atoms with Crippen LogP contribution < -0.4 is 0 Å². The molecule has 3 rings (SSSR count). The van der Waals surface area contributed by atoms with E-state index in [4.69, 9.17) is 5.11 Å². The zero-order chi connectivity index (χ0) is 14.7. The Hall–Kier alpha value is -2.14. The normalized spacial score (nSPS) is 16.0. The summed E-state index contributed by atoms with van der Waals surface area (Å²) in [4.78, 5) is 13.4. The molecule has 1 aliphatic heterocycles. The van der Waals surface area contributed by atoms with Gasteiger partial charge < -0.3 is 5.11 Å². The van der Waals surface area contributed by atoms with E-state index in [-0.39, 0.29) is 5.69 Å². The van der Waals surface area contributed by atoms with Crippen LogP contribution in [0.4, 0.5) is 0 Å². The third-order valence-corrected chi connectivity index (χ3v) is 3.89. The number of H-pyrrole nitrogens is 1. The second-order valence-electron chi connectivity index (χ2n) is 5.51. The summed E-state index contributed by atoms with van der Waals surface area (Å²) in [6.07, 6.45) is 3.89. The fourth-order valence-corrected chi connectivity index (χ4v) is 2.78. The molecule has 0 saturated carbocycles. The van der Waals surface area contributed by atoms with Gasteiger partial charge in [0.05, 0.1) is 5.69 Å². The van der Waals surface area contributed by atoms with Crippen LogP contribution in [0.3, 0.4) is 0 Å². The largest absolute Gasteiger partial charge is 0.477 e. The Morgan fingerprint density at radius 1 is 1.24 bits per heavy atom. The summed E-state index contributed by atoms with van der Waals surface area (Å²) in [7, 11) is 0. The first-order valence-electron chi connectivity index (χ1n) is 7.33. The quantitative estimate of drug-likeness (QED) is 0.906. The fraction of sp³-hybridized carbons (Fsp3) is 0.375. The van der Waals surface area contributed by atoms with E-state index in [1.807, 2.05) is 12.1 Å². The molecular formula is C16H19N3O2. The number of hydrogen-bond donors (Lipinski definition) is 2. The van der Waals surface area contributed by atoms with Gasteiger partial charge in [-0.25, -0.2) is 4.79 Å². The lowest BCUT2D eigenvalue weighted by Gasteiger charge is -2.26. The van der Waals surface area contributed by atoms with E-state index in [2.05, 4.69) is 27.2 Å². The maximum atomic E-state index is 10.9. The van der Waals surface area contributed by atoms with E-state index < -0.39 is 5.97 Å². The number of aromatic carboxylic acids is 1. The topological polar surface area (TPSA) is 69.2 Å². The Bertz CT molecular complexity index is 630. The van der Waals surface area contributed by atoms with E-state index in [0.717, 1.165) is 25.2 Å². The van der Waals surface area contributed by atoms with Gasteiger partial charge in [0, 0.05) is 12.1 Å². The molecule has 2 N–H and O–H groups in total. The molecule has 5 nitrogen and oxygen atoms in total. The first kappa shape index (κ1) is 13.8. The molecule has 1 aromatic carbocycles. The zero-order valence-electron chi connectivity index (χ0n) is 11.9. The Morgan fingerprint density at radius 3 is 2.76 bits per heavy atom. The Morgan fingerprint density at radius 2 is 2.05 bits per heavy atom. The van der Waals surface area contributed by atoms with Crippen LogP contribution in [-0.2, 0) is 6.54 Å².